The van der Waals surface area contributed by atoms with Crippen molar-refractivity contribution in [2.75, 3.05) is 40.8 Å². The average Bonchev–Trinajstić information content (AvgIpc) is 2.88. The molecule has 1 fully saturated rings. The van der Waals surface area contributed by atoms with Crippen LogP contribution in [0, 0.1) is 5.92 Å². The van der Waals surface area contributed by atoms with Crippen molar-refractivity contribution in [1.82, 2.24) is 20.0 Å². The molecule has 1 aromatic heterocycles. The summed E-state index contributed by atoms with van der Waals surface area (Å²) < 4.78 is 7.25. The molecule has 0 bridgehead atoms. The van der Waals surface area contributed by atoms with Gasteiger partial charge in [-0.15, -0.1) is 0 Å². The Morgan fingerprint density at radius 2 is 2.20 bits per heavy atom. The Morgan fingerprint density at radius 1 is 1.50 bits per heavy atom. The third kappa shape index (κ3) is 3.50. The van der Waals surface area contributed by atoms with E-state index in [9.17, 15) is 5.11 Å². The number of likely N-dealkylation sites (N-methyl/N-ethyl adjacent to an activating group) is 1. The highest BCUT2D eigenvalue weighted by Gasteiger charge is 2.28. The maximum Gasteiger partial charge on any atom is 0.162 e. The molecule has 1 aliphatic heterocycles. The maximum absolute atomic E-state index is 10.7. The lowest BCUT2D eigenvalue weighted by atomic mass is 9.90. The molecule has 0 aromatic carbocycles. The molecule has 0 saturated carbocycles. The largest absolute Gasteiger partial charge is 0.493 e. The van der Waals surface area contributed by atoms with Crippen molar-refractivity contribution in [2.24, 2.45) is 5.92 Å². The highest BCUT2D eigenvalue weighted by Crippen LogP contribution is 2.34. The molecule has 1 aliphatic rings. The highest BCUT2D eigenvalue weighted by molar-refractivity contribution is 5.28. The summed E-state index contributed by atoms with van der Waals surface area (Å²) in [4.78, 5) is 2.11. The summed E-state index contributed by atoms with van der Waals surface area (Å²) in [6.07, 6.45) is 3.18. The van der Waals surface area contributed by atoms with E-state index in [-0.39, 0.29) is 5.92 Å². The summed E-state index contributed by atoms with van der Waals surface area (Å²) in [6, 6.07) is 0. The van der Waals surface area contributed by atoms with Crippen LogP contribution < -0.4 is 10.1 Å². The molecule has 6 heteroatoms. The quantitative estimate of drug-likeness (QED) is 0.795. The van der Waals surface area contributed by atoms with Gasteiger partial charge in [0.1, 0.15) is 11.8 Å². The number of piperidine rings is 1. The van der Waals surface area contributed by atoms with Crippen LogP contribution in [0.2, 0.25) is 0 Å². The van der Waals surface area contributed by atoms with Crippen molar-refractivity contribution in [3.63, 3.8) is 0 Å². The lowest BCUT2D eigenvalue weighted by Crippen LogP contribution is -2.32. The minimum Gasteiger partial charge on any atom is -0.493 e. The number of aliphatic hydroxyl groups excluding tert-OH is 1. The summed E-state index contributed by atoms with van der Waals surface area (Å²) in [5, 5.41) is 18.4. The van der Waals surface area contributed by atoms with Crippen LogP contribution >= 0.6 is 0 Å². The SMILES string of the molecule is COc1cnn(CCN(C)C)c1C(O)C1CCNCC1. The van der Waals surface area contributed by atoms with Gasteiger partial charge in [-0.05, 0) is 45.9 Å². The Balaban J connectivity index is 2.16. The Labute approximate surface area is 120 Å². The third-order valence-electron chi connectivity index (χ3n) is 3.93. The zero-order chi connectivity index (χ0) is 14.5. The van der Waals surface area contributed by atoms with Crippen molar-refractivity contribution < 1.29 is 9.84 Å². The van der Waals surface area contributed by atoms with E-state index in [1.807, 2.05) is 18.8 Å². The van der Waals surface area contributed by atoms with Crippen LogP contribution in [-0.2, 0) is 6.54 Å². The fourth-order valence-electron chi connectivity index (χ4n) is 2.69. The molecular weight excluding hydrogens is 256 g/mol. The van der Waals surface area contributed by atoms with Crippen molar-refractivity contribution >= 4 is 0 Å². The molecule has 2 N–H and O–H groups in total. The molecule has 0 aliphatic carbocycles. The Morgan fingerprint density at radius 3 is 2.80 bits per heavy atom. The van der Waals surface area contributed by atoms with Crippen LogP contribution in [0.15, 0.2) is 6.20 Å². The van der Waals surface area contributed by atoms with Gasteiger partial charge in [-0.1, -0.05) is 0 Å². The van der Waals surface area contributed by atoms with Crippen LogP contribution in [0.1, 0.15) is 24.6 Å². The topological polar surface area (TPSA) is 62.5 Å². The van der Waals surface area contributed by atoms with Crippen LogP contribution in [0.4, 0.5) is 0 Å². The van der Waals surface area contributed by atoms with Crippen molar-refractivity contribution in [3.8, 4) is 5.75 Å². The summed E-state index contributed by atoms with van der Waals surface area (Å²) in [5.41, 5.74) is 0.821. The van der Waals surface area contributed by atoms with Crippen LogP contribution in [-0.4, -0.2) is 60.6 Å². The standard InChI is InChI=1S/C14H26N4O2/c1-17(2)8-9-18-13(12(20-3)10-16-18)14(19)11-4-6-15-7-5-11/h10-11,14-15,19H,4-9H2,1-3H3. The Hall–Kier alpha value is -1.11. The van der Waals surface area contributed by atoms with Crippen molar-refractivity contribution in [1.29, 1.82) is 0 Å². The van der Waals surface area contributed by atoms with Gasteiger partial charge in [0.25, 0.3) is 0 Å². The molecule has 0 radical (unpaired) electrons. The van der Waals surface area contributed by atoms with E-state index in [2.05, 4.69) is 15.3 Å². The monoisotopic (exact) mass is 282 g/mol. The van der Waals surface area contributed by atoms with E-state index in [4.69, 9.17) is 4.74 Å². The first-order chi connectivity index (χ1) is 9.63. The minimum atomic E-state index is -0.503. The van der Waals surface area contributed by atoms with E-state index in [1.165, 1.54) is 0 Å². The van der Waals surface area contributed by atoms with Gasteiger partial charge in [0.15, 0.2) is 5.75 Å². The summed E-state index contributed by atoms with van der Waals surface area (Å²) in [5.74, 6) is 0.967. The van der Waals surface area contributed by atoms with E-state index < -0.39 is 6.10 Å². The predicted molar refractivity (Wildman–Crippen MR) is 77.9 cm³/mol. The smallest absolute Gasteiger partial charge is 0.162 e. The lowest BCUT2D eigenvalue weighted by Gasteiger charge is -2.28. The minimum absolute atomic E-state index is 0.278. The number of aliphatic hydroxyl groups is 1. The van der Waals surface area contributed by atoms with Crippen molar-refractivity contribution in [3.05, 3.63) is 11.9 Å². The summed E-state index contributed by atoms with van der Waals surface area (Å²) in [6.45, 7) is 3.58. The molecule has 1 aromatic rings. The third-order valence-corrected chi connectivity index (χ3v) is 3.93. The molecule has 114 valence electrons. The molecule has 1 unspecified atom stereocenters. The van der Waals surface area contributed by atoms with E-state index in [1.54, 1.807) is 13.3 Å². The second-order valence-corrected chi connectivity index (χ2v) is 5.66. The summed E-state index contributed by atoms with van der Waals surface area (Å²) in [7, 11) is 5.69. The second kappa shape index (κ2) is 7.06. The van der Waals surface area contributed by atoms with Crippen LogP contribution in [0.3, 0.4) is 0 Å². The van der Waals surface area contributed by atoms with Gasteiger partial charge in [-0.3, -0.25) is 4.68 Å². The zero-order valence-corrected chi connectivity index (χ0v) is 12.7. The van der Waals surface area contributed by atoms with E-state index in [0.29, 0.717) is 5.75 Å². The molecule has 1 saturated heterocycles. The van der Waals surface area contributed by atoms with Gasteiger partial charge in [0, 0.05) is 6.54 Å². The highest BCUT2D eigenvalue weighted by atomic mass is 16.5. The number of methoxy groups -OCH3 is 1. The lowest BCUT2D eigenvalue weighted by molar-refractivity contribution is 0.0777. The van der Waals surface area contributed by atoms with Gasteiger partial charge in [-0.25, -0.2) is 0 Å². The Kier molecular flexibility index (Phi) is 5.39. The number of aromatic nitrogens is 2. The first kappa shape index (κ1) is 15.3. The van der Waals surface area contributed by atoms with E-state index in [0.717, 1.165) is 44.7 Å². The van der Waals surface area contributed by atoms with Crippen LogP contribution in [0.5, 0.6) is 5.75 Å². The maximum atomic E-state index is 10.7. The van der Waals surface area contributed by atoms with Gasteiger partial charge < -0.3 is 20.1 Å². The fourth-order valence-corrected chi connectivity index (χ4v) is 2.69. The molecule has 0 spiro atoms. The Bertz CT molecular complexity index is 413. The number of hydrogen-bond donors (Lipinski definition) is 2. The normalized spacial score (nSPS) is 18.4. The van der Waals surface area contributed by atoms with Crippen LogP contribution in [0.25, 0.3) is 0 Å². The molecule has 20 heavy (non-hydrogen) atoms. The van der Waals surface area contributed by atoms with Gasteiger partial charge in [-0.2, -0.15) is 5.10 Å². The molecule has 6 nitrogen and oxygen atoms in total. The van der Waals surface area contributed by atoms with Gasteiger partial charge in [0.2, 0.25) is 0 Å². The second-order valence-electron chi connectivity index (χ2n) is 5.66. The zero-order valence-electron chi connectivity index (χ0n) is 12.7. The number of hydrogen-bond acceptors (Lipinski definition) is 5. The molecule has 0 amide bonds. The van der Waals surface area contributed by atoms with Gasteiger partial charge in [0.05, 0.1) is 19.9 Å². The number of ether oxygens (including phenoxy) is 1. The number of nitrogens with zero attached hydrogens (tertiary/aromatic N) is 3. The average molecular weight is 282 g/mol. The predicted octanol–water partition coefficient (Wildman–Crippen LogP) is 0.486. The van der Waals surface area contributed by atoms with Gasteiger partial charge >= 0.3 is 0 Å². The summed E-state index contributed by atoms with van der Waals surface area (Å²) >= 11 is 0. The fraction of sp³-hybridized carbons (Fsp3) is 0.786. The number of rotatable bonds is 6. The molecular formula is C14H26N4O2. The first-order valence-electron chi connectivity index (χ1n) is 7.26. The molecule has 1 atom stereocenters. The van der Waals surface area contributed by atoms with E-state index >= 15 is 0 Å². The molecule has 2 rings (SSSR count). The van der Waals surface area contributed by atoms with Crippen molar-refractivity contribution in [2.45, 2.75) is 25.5 Å². The molecule has 2 heterocycles. The first-order valence-corrected chi connectivity index (χ1v) is 7.26. The number of nitrogens with one attached hydrogen (secondary N) is 1.